The Labute approximate surface area is 189 Å². The maximum atomic E-state index is 13.3. The molecule has 1 aliphatic rings. The molecule has 0 spiro atoms. The van der Waals surface area contributed by atoms with Crippen molar-refractivity contribution in [2.75, 3.05) is 0 Å². The van der Waals surface area contributed by atoms with E-state index in [1.807, 2.05) is 72.8 Å². The fourth-order valence-corrected chi connectivity index (χ4v) is 5.43. The number of rotatable bonds is 6. The van der Waals surface area contributed by atoms with Gasteiger partial charge in [-0.1, -0.05) is 97.1 Å². The first kappa shape index (κ1) is 21.7. The first-order chi connectivity index (χ1) is 15.4. The van der Waals surface area contributed by atoms with E-state index in [0.29, 0.717) is 16.9 Å². The van der Waals surface area contributed by atoms with E-state index >= 15 is 0 Å². The molecular weight excluding hydrogens is 416 g/mol. The molecule has 0 saturated carbocycles. The third-order valence-electron chi connectivity index (χ3n) is 5.58. The molecule has 0 heterocycles. The quantitative estimate of drug-likeness (QED) is 0.432. The summed E-state index contributed by atoms with van der Waals surface area (Å²) in [5, 5.41) is -0.635. The van der Waals surface area contributed by atoms with Crippen LogP contribution in [0.25, 0.3) is 11.6 Å². The first-order valence-electron chi connectivity index (χ1n) is 10.5. The van der Waals surface area contributed by atoms with Crippen LogP contribution in [0.3, 0.4) is 0 Å². The van der Waals surface area contributed by atoms with Crippen LogP contribution in [-0.2, 0) is 9.84 Å². The van der Waals surface area contributed by atoms with Gasteiger partial charge in [0.2, 0.25) is 0 Å². The Morgan fingerprint density at radius 1 is 0.875 bits per heavy atom. The SMILES string of the molecule is CC(=O)c1ccc(C2=CC(S(=O)(=O)c3ccccc3)C/C2=C\C=C\c2ccccc2)cc1. The molecule has 0 N–H and O–H groups in total. The van der Waals surface area contributed by atoms with E-state index in [0.717, 1.165) is 22.3 Å². The number of allylic oxidation sites excluding steroid dienone is 4. The van der Waals surface area contributed by atoms with Gasteiger partial charge in [0.05, 0.1) is 10.1 Å². The normalized spacial score (nSPS) is 17.6. The highest BCUT2D eigenvalue weighted by atomic mass is 32.2. The maximum Gasteiger partial charge on any atom is 0.185 e. The fraction of sp³-hybridized carbons (Fsp3) is 0.107. The van der Waals surface area contributed by atoms with Crippen LogP contribution in [0.4, 0.5) is 0 Å². The van der Waals surface area contributed by atoms with Gasteiger partial charge in [0.25, 0.3) is 0 Å². The van der Waals surface area contributed by atoms with Crippen LogP contribution >= 0.6 is 0 Å². The second-order valence-electron chi connectivity index (χ2n) is 7.78. The van der Waals surface area contributed by atoms with E-state index in [-0.39, 0.29) is 5.78 Å². The lowest BCUT2D eigenvalue weighted by Gasteiger charge is -2.09. The van der Waals surface area contributed by atoms with Gasteiger partial charge in [-0.05, 0) is 47.8 Å². The van der Waals surface area contributed by atoms with Crippen LogP contribution in [0.5, 0.6) is 0 Å². The minimum absolute atomic E-state index is 0.00282. The number of hydrogen-bond donors (Lipinski definition) is 0. The minimum atomic E-state index is -3.51. The van der Waals surface area contributed by atoms with Crippen LogP contribution in [0.15, 0.2) is 114 Å². The Morgan fingerprint density at radius 2 is 1.50 bits per heavy atom. The number of Topliss-reactive ketones (excluding diaryl/α,β-unsaturated/α-hetero) is 1. The van der Waals surface area contributed by atoms with Crippen molar-refractivity contribution in [1.29, 1.82) is 0 Å². The molecule has 1 atom stereocenters. The first-order valence-corrected chi connectivity index (χ1v) is 12.0. The van der Waals surface area contributed by atoms with Crippen molar-refractivity contribution in [3.63, 3.8) is 0 Å². The van der Waals surface area contributed by atoms with E-state index in [1.165, 1.54) is 6.92 Å². The molecule has 3 aromatic rings. The molecule has 0 aliphatic heterocycles. The largest absolute Gasteiger partial charge is 0.295 e. The topological polar surface area (TPSA) is 51.2 Å². The number of carbonyl (C=O) groups excluding carboxylic acids is 1. The van der Waals surface area contributed by atoms with Crippen molar-refractivity contribution in [2.45, 2.75) is 23.5 Å². The minimum Gasteiger partial charge on any atom is -0.295 e. The Hall–Kier alpha value is -3.50. The molecule has 0 radical (unpaired) electrons. The molecule has 0 bridgehead atoms. The van der Waals surface area contributed by atoms with Gasteiger partial charge in [0.15, 0.2) is 15.6 Å². The molecule has 4 rings (SSSR count). The highest BCUT2D eigenvalue weighted by Gasteiger charge is 2.32. The number of ketones is 1. The number of carbonyl (C=O) groups is 1. The third-order valence-corrected chi connectivity index (χ3v) is 7.61. The smallest absolute Gasteiger partial charge is 0.185 e. The van der Waals surface area contributed by atoms with Crippen molar-refractivity contribution >= 4 is 27.3 Å². The summed E-state index contributed by atoms with van der Waals surface area (Å²) in [6, 6.07) is 25.9. The lowest BCUT2D eigenvalue weighted by Crippen LogP contribution is -2.17. The molecule has 3 nitrogen and oxygen atoms in total. The second kappa shape index (κ2) is 9.33. The Kier molecular flexibility index (Phi) is 6.33. The molecular formula is C28H24O3S. The highest BCUT2D eigenvalue weighted by molar-refractivity contribution is 7.92. The summed E-state index contributed by atoms with van der Waals surface area (Å²) < 4.78 is 26.5. The molecule has 3 aromatic carbocycles. The molecule has 4 heteroatoms. The van der Waals surface area contributed by atoms with Gasteiger partial charge in [-0.25, -0.2) is 8.42 Å². The summed E-state index contributed by atoms with van der Waals surface area (Å²) in [7, 11) is -3.51. The van der Waals surface area contributed by atoms with Crippen molar-refractivity contribution in [3.8, 4) is 0 Å². The van der Waals surface area contributed by atoms with E-state index < -0.39 is 15.1 Å². The molecule has 0 amide bonds. The van der Waals surface area contributed by atoms with E-state index in [9.17, 15) is 13.2 Å². The van der Waals surface area contributed by atoms with Crippen LogP contribution in [0.1, 0.15) is 34.8 Å². The zero-order chi connectivity index (χ0) is 22.6. The van der Waals surface area contributed by atoms with E-state index in [4.69, 9.17) is 0 Å². The van der Waals surface area contributed by atoms with Gasteiger partial charge in [-0.3, -0.25) is 4.79 Å². The summed E-state index contributed by atoms with van der Waals surface area (Å²) in [6.45, 7) is 1.53. The number of hydrogen-bond acceptors (Lipinski definition) is 3. The zero-order valence-corrected chi connectivity index (χ0v) is 18.6. The number of sulfone groups is 1. The summed E-state index contributed by atoms with van der Waals surface area (Å²) in [5.74, 6) is 0.00282. The Balaban J connectivity index is 1.71. The van der Waals surface area contributed by atoms with Gasteiger partial charge >= 0.3 is 0 Å². The predicted octanol–water partition coefficient (Wildman–Crippen LogP) is 6.16. The third kappa shape index (κ3) is 4.71. The van der Waals surface area contributed by atoms with E-state index in [2.05, 4.69) is 0 Å². The maximum absolute atomic E-state index is 13.3. The molecule has 32 heavy (non-hydrogen) atoms. The molecule has 0 saturated heterocycles. The zero-order valence-electron chi connectivity index (χ0n) is 17.8. The predicted molar refractivity (Wildman–Crippen MR) is 130 cm³/mol. The Morgan fingerprint density at radius 3 is 2.12 bits per heavy atom. The van der Waals surface area contributed by atoms with Crippen molar-refractivity contribution in [2.24, 2.45) is 0 Å². The summed E-state index contributed by atoms with van der Waals surface area (Å²) in [6.07, 6.45) is 8.19. The molecule has 160 valence electrons. The van der Waals surface area contributed by atoms with Crippen LogP contribution < -0.4 is 0 Å². The molecule has 1 unspecified atom stereocenters. The van der Waals surface area contributed by atoms with Gasteiger partial charge in [0, 0.05) is 5.56 Å². The van der Waals surface area contributed by atoms with Gasteiger partial charge < -0.3 is 0 Å². The van der Waals surface area contributed by atoms with Crippen LogP contribution in [-0.4, -0.2) is 19.5 Å². The van der Waals surface area contributed by atoms with E-state index in [1.54, 1.807) is 36.4 Å². The Bertz CT molecular complexity index is 1300. The second-order valence-corrected chi connectivity index (χ2v) is 9.94. The summed E-state index contributed by atoms with van der Waals surface area (Å²) in [5.41, 5.74) is 4.46. The molecule has 1 aliphatic carbocycles. The summed E-state index contributed by atoms with van der Waals surface area (Å²) in [4.78, 5) is 12.0. The fourth-order valence-electron chi connectivity index (χ4n) is 3.83. The van der Waals surface area contributed by atoms with Gasteiger partial charge in [0.1, 0.15) is 0 Å². The van der Waals surface area contributed by atoms with Crippen molar-refractivity contribution in [1.82, 2.24) is 0 Å². The lowest BCUT2D eigenvalue weighted by atomic mass is 9.98. The van der Waals surface area contributed by atoms with Crippen molar-refractivity contribution < 1.29 is 13.2 Å². The molecule has 0 fully saturated rings. The monoisotopic (exact) mass is 440 g/mol. The summed E-state index contributed by atoms with van der Waals surface area (Å²) >= 11 is 0. The standard InChI is InChI=1S/C28H24O3S/c1-21(29)23-15-17-24(18-16-23)28-20-27(32(30,31)26-13-6-3-7-14-26)19-25(28)12-8-11-22-9-4-2-5-10-22/h2-18,20,27H,19H2,1H3/b11-8+,25-12+. The average Bonchev–Trinajstić information content (AvgIpc) is 3.25. The van der Waals surface area contributed by atoms with Crippen LogP contribution in [0.2, 0.25) is 0 Å². The van der Waals surface area contributed by atoms with Gasteiger partial charge in [-0.15, -0.1) is 0 Å². The van der Waals surface area contributed by atoms with Gasteiger partial charge in [-0.2, -0.15) is 0 Å². The average molecular weight is 441 g/mol. The number of benzene rings is 3. The lowest BCUT2D eigenvalue weighted by molar-refractivity contribution is 0.101. The van der Waals surface area contributed by atoms with Crippen molar-refractivity contribution in [3.05, 3.63) is 125 Å². The molecule has 0 aromatic heterocycles. The highest BCUT2D eigenvalue weighted by Crippen LogP contribution is 2.38. The van der Waals surface area contributed by atoms with Crippen LogP contribution in [0, 0.1) is 0 Å².